The van der Waals surface area contributed by atoms with Gasteiger partial charge in [0.2, 0.25) is 0 Å². The van der Waals surface area contributed by atoms with Crippen LogP contribution in [0.5, 0.6) is 0 Å². The van der Waals surface area contributed by atoms with Crippen LogP contribution in [0.3, 0.4) is 0 Å². The molecule has 2 nitrogen and oxygen atoms in total. The minimum absolute atomic E-state index is 0.0745. The van der Waals surface area contributed by atoms with Crippen molar-refractivity contribution in [3.63, 3.8) is 0 Å². The van der Waals surface area contributed by atoms with Crippen molar-refractivity contribution in [1.29, 1.82) is 0 Å². The molecule has 0 aromatic carbocycles. The van der Waals surface area contributed by atoms with Crippen molar-refractivity contribution < 1.29 is 9.53 Å². The van der Waals surface area contributed by atoms with E-state index in [1.165, 1.54) is 6.92 Å². The van der Waals surface area contributed by atoms with Crippen molar-refractivity contribution in [3.05, 3.63) is 12.7 Å². The summed E-state index contributed by atoms with van der Waals surface area (Å²) in [5.74, 6) is -0.194. The lowest BCUT2D eigenvalue weighted by Crippen LogP contribution is -2.14. The molecule has 0 aliphatic heterocycles. The van der Waals surface area contributed by atoms with E-state index in [1.54, 1.807) is 0 Å². The van der Waals surface area contributed by atoms with Gasteiger partial charge < -0.3 is 4.74 Å². The fourth-order valence-corrected chi connectivity index (χ4v) is 0.885. The van der Waals surface area contributed by atoms with E-state index >= 15 is 0 Å². The van der Waals surface area contributed by atoms with E-state index in [2.05, 4.69) is 6.58 Å². The van der Waals surface area contributed by atoms with Crippen LogP contribution in [-0.2, 0) is 9.53 Å². The largest absolute Gasteiger partial charge is 0.463 e. The summed E-state index contributed by atoms with van der Waals surface area (Å²) in [6.07, 6.45) is 4.59. The van der Waals surface area contributed by atoms with Gasteiger partial charge in [0, 0.05) is 6.92 Å². The first-order valence-corrected chi connectivity index (χ1v) is 3.98. The Hall–Kier alpha value is -0.790. The summed E-state index contributed by atoms with van der Waals surface area (Å²) in [6, 6.07) is 0. The molecule has 0 saturated carbocycles. The van der Waals surface area contributed by atoms with Gasteiger partial charge in [-0.1, -0.05) is 13.0 Å². The van der Waals surface area contributed by atoms with Gasteiger partial charge in [0.25, 0.3) is 0 Å². The van der Waals surface area contributed by atoms with Gasteiger partial charge in [-0.05, 0) is 19.3 Å². The summed E-state index contributed by atoms with van der Waals surface area (Å²) < 4.78 is 5.01. The van der Waals surface area contributed by atoms with E-state index in [0.717, 1.165) is 19.3 Å². The van der Waals surface area contributed by atoms with E-state index in [4.69, 9.17) is 4.74 Å². The third kappa shape index (κ3) is 5.64. The molecule has 0 aliphatic rings. The monoisotopic (exact) mass is 156 g/mol. The average Bonchev–Trinajstić information content (AvgIpc) is 1.97. The highest BCUT2D eigenvalue weighted by Crippen LogP contribution is 2.06. The molecule has 0 N–H and O–H groups in total. The topological polar surface area (TPSA) is 26.3 Å². The fourth-order valence-electron chi connectivity index (χ4n) is 0.885. The molecule has 1 atom stereocenters. The summed E-state index contributed by atoms with van der Waals surface area (Å²) in [7, 11) is 0. The van der Waals surface area contributed by atoms with Crippen LogP contribution in [0.2, 0.25) is 0 Å². The Morgan fingerprint density at radius 3 is 2.73 bits per heavy atom. The molecule has 0 fully saturated rings. The molecule has 2 heteroatoms. The quantitative estimate of drug-likeness (QED) is 0.451. The van der Waals surface area contributed by atoms with Crippen molar-refractivity contribution in [2.75, 3.05) is 0 Å². The zero-order chi connectivity index (χ0) is 8.69. The SMILES string of the molecule is C=CCCC(CC)OC(C)=O. The molecular weight excluding hydrogens is 140 g/mol. The molecule has 0 rings (SSSR count). The smallest absolute Gasteiger partial charge is 0.302 e. The summed E-state index contributed by atoms with van der Waals surface area (Å²) in [6.45, 7) is 7.06. The lowest BCUT2D eigenvalue weighted by Gasteiger charge is -2.13. The van der Waals surface area contributed by atoms with Crippen molar-refractivity contribution in [2.45, 2.75) is 39.2 Å². The van der Waals surface area contributed by atoms with Crippen LogP contribution in [0.4, 0.5) is 0 Å². The Bertz CT molecular complexity index is 130. The first-order chi connectivity index (χ1) is 5.20. The van der Waals surface area contributed by atoms with Gasteiger partial charge in [-0.2, -0.15) is 0 Å². The maximum absolute atomic E-state index is 10.5. The number of carbonyl (C=O) groups excluding carboxylic acids is 1. The Balaban J connectivity index is 3.57. The van der Waals surface area contributed by atoms with Crippen LogP contribution < -0.4 is 0 Å². The molecule has 11 heavy (non-hydrogen) atoms. The molecule has 0 spiro atoms. The first kappa shape index (κ1) is 10.2. The second-order valence-corrected chi connectivity index (χ2v) is 2.51. The van der Waals surface area contributed by atoms with Gasteiger partial charge >= 0.3 is 5.97 Å². The average molecular weight is 156 g/mol. The summed E-state index contributed by atoms with van der Waals surface area (Å²) in [5, 5.41) is 0. The highest BCUT2D eigenvalue weighted by atomic mass is 16.5. The summed E-state index contributed by atoms with van der Waals surface area (Å²) in [5.41, 5.74) is 0. The maximum atomic E-state index is 10.5. The number of hydrogen-bond acceptors (Lipinski definition) is 2. The molecular formula is C9H16O2. The second kappa shape index (κ2) is 5.96. The Labute approximate surface area is 68.2 Å². The fraction of sp³-hybridized carbons (Fsp3) is 0.667. The van der Waals surface area contributed by atoms with Crippen LogP contribution >= 0.6 is 0 Å². The van der Waals surface area contributed by atoms with Crippen LogP contribution in [0, 0.1) is 0 Å². The van der Waals surface area contributed by atoms with E-state index in [-0.39, 0.29) is 12.1 Å². The molecule has 1 unspecified atom stereocenters. The van der Waals surface area contributed by atoms with E-state index < -0.39 is 0 Å². The molecule has 64 valence electrons. The van der Waals surface area contributed by atoms with Crippen molar-refractivity contribution in [2.24, 2.45) is 0 Å². The molecule has 0 saturated heterocycles. The van der Waals surface area contributed by atoms with E-state index in [1.807, 2.05) is 13.0 Å². The normalized spacial score (nSPS) is 12.2. The van der Waals surface area contributed by atoms with Gasteiger partial charge in [0.15, 0.2) is 0 Å². The molecule has 0 radical (unpaired) electrons. The second-order valence-electron chi connectivity index (χ2n) is 2.51. The van der Waals surface area contributed by atoms with Gasteiger partial charge in [0.05, 0.1) is 0 Å². The van der Waals surface area contributed by atoms with Crippen LogP contribution in [0.15, 0.2) is 12.7 Å². The maximum Gasteiger partial charge on any atom is 0.302 e. The third-order valence-electron chi connectivity index (χ3n) is 1.48. The summed E-state index contributed by atoms with van der Waals surface area (Å²) >= 11 is 0. The number of ether oxygens (including phenoxy) is 1. The van der Waals surface area contributed by atoms with Crippen molar-refractivity contribution in [3.8, 4) is 0 Å². The number of allylic oxidation sites excluding steroid dienone is 1. The van der Waals surface area contributed by atoms with Crippen molar-refractivity contribution in [1.82, 2.24) is 0 Å². The standard InChI is InChI=1S/C9H16O2/c1-4-6-7-9(5-2)11-8(3)10/h4,9H,1,5-7H2,2-3H3. The molecule has 0 amide bonds. The third-order valence-corrected chi connectivity index (χ3v) is 1.48. The Morgan fingerprint density at radius 2 is 2.36 bits per heavy atom. The minimum atomic E-state index is -0.194. The highest BCUT2D eigenvalue weighted by Gasteiger charge is 2.06. The highest BCUT2D eigenvalue weighted by molar-refractivity contribution is 5.66. The van der Waals surface area contributed by atoms with E-state index in [9.17, 15) is 4.79 Å². The van der Waals surface area contributed by atoms with Crippen LogP contribution in [0.25, 0.3) is 0 Å². The molecule has 0 bridgehead atoms. The van der Waals surface area contributed by atoms with Crippen LogP contribution in [0.1, 0.15) is 33.1 Å². The predicted molar refractivity (Wildman–Crippen MR) is 45.3 cm³/mol. The number of carbonyl (C=O) groups is 1. The van der Waals surface area contributed by atoms with Gasteiger partial charge in [0.1, 0.15) is 6.10 Å². The zero-order valence-corrected chi connectivity index (χ0v) is 7.30. The summed E-state index contributed by atoms with van der Waals surface area (Å²) in [4.78, 5) is 10.5. The number of rotatable bonds is 5. The first-order valence-electron chi connectivity index (χ1n) is 3.98. The van der Waals surface area contributed by atoms with Crippen LogP contribution in [-0.4, -0.2) is 12.1 Å². The molecule has 0 aromatic heterocycles. The van der Waals surface area contributed by atoms with Gasteiger partial charge in [-0.3, -0.25) is 4.79 Å². The van der Waals surface area contributed by atoms with Gasteiger partial charge in [-0.25, -0.2) is 0 Å². The predicted octanol–water partition coefficient (Wildman–Crippen LogP) is 2.29. The lowest BCUT2D eigenvalue weighted by atomic mass is 10.1. The Kier molecular flexibility index (Phi) is 5.53. The molecule has 0 heterocycles. The number of esters is 1. The van der Waals surface area contributed by atoms with Gasteiger partial charge in [-0.15, -0.1) is 6.58 Å². The van der Waals surface area contributed by atoms with Crippen molar-refractivity contribution >= 4 is 5.97 Å². The van der Waals surface area contributed by atoms with E-state index in [0.29, 0.717) is 0 Å². The zero-order valence-electron chi connectivity index (χ0n) is 7.30. The molecule has 0 aromatic rings. The Morgan fingerprint density at radius 1 is 1.73 bits per heavy atom. The minimum Gasteiger partial charge on any atom is -0.463 e. The lowest BCUT2D eigenvalue weighted by molar-refractivity contribution is -0.146. The number of hydrogen-bond donors (Lipinski definition) is 0. The molecule has 0 aliphatic carbocycles.